The number of rotatable bonds is 5. The number of thiazole rings is 1. The third-order valence-corrected chi connectivity index (χ3v) is 9.88. The zero-order chi connectivity index (χ0) is 29.8. The summed E-state index contributed by atoms with van der Waals surface area (Å²) in [6.07, 6.45) is -4.58. The quantitative estimate of drug-likeness (QED) is 0.295. The highest BCUT2D eigenvalue weighted by Crippen LogP contribution is 2.53. The first-order valence-corrected chi connectivity index (χ1v) is 14.6. The minimum Gasteiger partial charge on any atom is -0.325 e. The molecule has 1 fully saturated rings. The average molecular weight is 610 g/mol. The first-order valence-electron chi connectivity index (χ1n) is 12.9. The molecule has 6 rings (SSSR count). The highest BCUT2D eigenvalue weighted by molar-refractivity contribution is 8.00. The Hall–Kier alpha value is -4.16. The van der Waals surface area contributed by atoms with Crippen LogP contribution in [0.5, 0.6) is 0 Å². The summed E-state index contributed by atoms with van der Waals surface area (Å²) >= 11 is 1.97. The van der Waals surface area contributed by atoms with Crippen molar-refractivity contribution in [2.24, 2.45) is 5.92 Å². The van der Waals surface area contributed by atoms with Crippen molar-refractivity contribution >= 4 is 52.2 Å². The molecule has 3 heterocycles. The highest BCUT2D eigenvalue weighted by Gasteiger charge is 2.56. The third kappa shape index (κ3) is 4.94. The van der Waals surface area contributed by atoms with Gasteiger partial charge in [-0.15, -0.1) is 0 Å². The Bertz CT molecular complexity index is 1770. The molecular weight excluding hydrogens is 587 g/mol. The number of alkyl halides is 3. The normalized spacial score (nSPS) is 19.9. The van der Waals surface area contributed by atoms with Gasteiger partial charge < -0.3 is 5.32 Å². The lowest BCUT2D eigenvalue weighted by Gasteiger charge is -2.30. The largest absolute Gasteiger partial charge is 0.416 e. The van der Waals surface area contributed by atoms with Crippen LogP contribution in [0.3, 0.4) is 0 Å². The van der Waals surface area contributed by atoms with Crippen molar-refractivity contribution in [3.05, 3.63) is 110 Å². The fourth-order valence-electron chi connectivity index (χ4n) is 5.34. The van der Waals surface area contributed by atoms with Crippen LogP contribution in [-0.2, 0) is 27.1 Å². The summed E-state index contributed by atoms with van der Waals surface area (Å²) in [5.41, 5.74) is 1.20. The first-order chi connectivity index (χ1) is 20.0. The number of anilines is 2. The predicted molar refractivity (Wildman–Crippen MR) is 154 cm³/mol. The monoisotopic (exact) mass is 609 g/mol. The van der Waals surface area contributed by atoms with Crippen LogP contribution in [0.4, 0.5) is 24.5 Å². The number of amides is 3. The number of aromatic nitrogens is 1. The van der Waals surface area contributed by atoms with Crippen LogP contribution in [0.1, 0.15) is 27.5 Å². The van der Waals surface area contributed by atoms with E-state index in [2.05, 4.69) is 5.32 Å². The average Bonchev–Trinajstić information content (AvgIpc) is 3.40. The van der Waals surface area contributed by atoms with E-state index in [1.807, 2.05) is 49.4 Å². The number of halogens is 3. The summed E-state index contributed by atoms with van der Waals surface area (Å²) in [7, 11) is 0. The first kappa shape index (κ1) is 28.0. The Balaban J connectivity index is 1.36. The van der Waals surface area contributed by atoms with Crippen LogP contribution in [0.2, 0.25) is 0 Å². The lowest BCUT2D eigenvalue weighted by Crippen LogP contribution is -2.33. The summed E-state index contributed by atoms with van der Waals surface area (Å²) in [4.78, 5) is 55.1. The highest BCUT2D eigenvalue weighted by atomic mass is 32.2. The summed E-state index contributed by atoms with van der Waals surface area (Å²) in [5.74, 6) is -2.86. The van der Waals surface area contributed by atoms with Crippen molar-refractivity contribution < 1.29 is 27.6 Å². The van der Waals surface area contributed by atoms with Gasteiger partial charge in [0.1, 0.15) is 11.8 Å². The summed E-state index contributed by atoms with van der Waals surface area (Å²) in [5, 5.41) is 1.98. The molecule has 0 unspecified atom stereocenters. The van der Waals surface area contributed by atoms with E-state index >= 15 is 0 Å². The maximum absolute atomic E-state index is 13.9. The number of imide groups is 1. The molecule has 1 aromatic heterocycles. The molecule has 0 aliphatic carbocycles. The number of nitrogens with one attached hydrogen (secondary N) is 1. The second kappa shape index (κ2) is 10.6. The second-order valence-corrected chi connectivity index (χ2v) is 12.2. The molecule has 214 valence electrons. The van der Waals surface area contributed by atoms with Crippen molar-refractivity contribution in [2.45, 2.75) is 35.8 Å². The molecule has 0 bridgehead atoms. The standard InChI is InChI=1S/C30H22F3N3O4S2/c1-16-10-12-20(13-11-16)36-26(38)23-22(17-6-3-2-4-7-17)25-28(41-24(23)27(36)39)35(29(40)42-25)15-21(37)34-19-9-5-8-18(14-19)30(31,32)33/h2-14,22-24H,15H2,1H3,(H,34,37)/t22-,23+,24-/m0/s1. The summed E-state index contributed by atoms with van der Waals surface area (Å²) < 4.78 is 40.6. The van der Waals surface area contributed by atoms with E-state index in [1.165, 1.54) is 21.6 Å². The van der Waals surface area contributed by atoms with Gasteiger partial charge in [-0.05, 0) is 42.8 Å². The number of thioether (sulfide) groups is 1. The molecule has 12 heteroatoms. The third-order valence-electron chi connectivity index (χ3n) is 7.28. The number of carbonyl (C=O) groups is 3. The number of hydrogen-bond acceptors (Lipinski definition) is 6. The maximum atomic E-state index is 13.9. The lowest BCUT2D eigenvalue weighted by atomic mass is 9.83. The molecule has 7 nitrogen and oxygen atoms in total. The molecule has 0 saturated carbocycles. The maximum Gasteiger partial charge on any atom is 0.416 e. The molecule has 3 aromatic carbocycles. The summed E-state index contributed by atoms with van der Waals surface area (Å²) in [6, 6.07) is 20.4. The Morgan fingerprint density at radius 3 is 2.33 bits per heavy atom. The van der Waals surface area contributed by atoms with Crippen molar-refractivity contribution in [1.29, 1.82) is 0 Å². The van der Waals surface area contributed by atoms with Crippen LogP contribution in [0.25, 0.3) is 0 Å². The van der Waals surface area contributed by atoms with Gasteiger partial charge in [0.05, 0.1) is 22.2 Å². The number of fused-ring (bicyclic) bond motifs is 2. The van der Waals surface area contributed by atoms with Gasteiger partial charge in [-0.25, -0.2) is 4.90 Å². The Morgan fingerprint density at radius 2 is 1.64 bits per heavy atom. The van der Waals surface area contributed by atoms with E-state index in [9.17, 15) is 32.3 Å². The van der Waals surface area contributed by atoms with E-state index < -0.39 is 52.1 Å². The SMILES string of the molecule is Cc1ccc(N2C(=O)[C@@H]3[C@H](c4ccccc4)c4sc(=O)n(CC(=O)Nc5cccc(C(F)(F)F)c5)c4S[C@@H]3C2=O)cc1. The van der Waals surface area contributed by atoms with Gasteiger partial charge in [0.15, 0.2) is 0 Å². The van der Waals surface area contributed by atoms with E-state index in [4.69, 9.17) is 0 Å². The molecule has 1 saturated heterocycles. The van der Waals surface area contributed by atoms with E-state index in [-0.39, 0.29) is 11.6 Å². The smallest absolute Gasteiger partial charge is 0.325 e. The van der Waals surface area contributed by atoms with Gasteiger partial charge >= 0.3 is 11.0 Å². The lowest BCUT2D eigenvalue weighted by molar-refractivity contribution is -0.137. The van der Waals surface area contributed by atoms with Gasteiger partial charge in [-0.3, -0.25) is 23.7 Å². The molecule has 0 spiro atoms. The van der Waals surface area contributed by atoms with Crippen LogP contribution in [0, 0.1) is 12.8 Å². The zero-order valence-corrected chi connectivity index (χ0v) is 23.6. The van der Waals surface area contributed by atoms with Crippen molar-refractivity contribution in [3.63, 3.8) is 0 Å². The molecule has 42 heavy (non-hydrogen) atoms. The summed E-state index contributed by atoms with van der Waals surface area (Å²) in [6.45, 7) is 1.43. The molecule has 2 aliphatic heterocycles. The minimum absolute atomic E-state index is 0.0628. The Morgan fingerprint density at radius 1 is 0.929 bits per heavy atom. The molecular formula is C30H22F3N3O4S2. The van der Waals surface area contributed by atoms with Gasteiger partial charge in [0, 0.05) is 16.5 Å². The fourth-order valence-corrected chi connectivity index (χ4v) is 8.11. The van der Waals surface area contributed by atoms with Crippen molar-refractivity contribution in [2.75, 3.05) is 10.2 Å². The Kier molecular flexibility index (Phi) is 7.06. The number of carbonyl (C=O) groups excluding carboxylic acids is 3. The van der Waals surface area contributed by atoms with Gasteiger partial charge in [-0.1, -0.05) is 77.2 Å². The topological polar surface area (TPSA) is 88.5 Å². The number of nitrogens with zero attached hydrogens (tertiary/aromatic N) is 2. The van der Waals surface area contributed by atoms with Crippen molar-refractivity contribution in [3.8, 4) is 0 Å². The number of hydrogen-bond donors (Lipinski definition) is 1. The molecule has 4 aromatic rings. The molecule has 3 amide bonds. The van der Waals surface area contributed by atoms with Crippen LogP contribution < -0.4 is 15.1 Å². The van der Waals surface area contributed by atoms with E-state index in [0.29, 0.717) is 15.6 Å². The number of benzene rings is 3. The van der Waals surface area contributed by atoms with E-state index in [1.54, 1.807) is 12.1 Å². The van der Waals surface area contributed by atoms with Crippen LogP contribution >= 0.6 is 23.1 Å². The predicted octanol–water partition coefficient (Wildman–Crippen LogP) is 5.67. The molecule has 3 atom stereocenters. The molecule has 2 aliphatic rings. The molecule has 1 N–H and O–H groups in total. The van der Waals surface area contributed by atoms with Crippen LogP contribution in [-0.4, -0.2) is 27.5 Å². The fraction of sp³-hybridized carbons (Fsp3) is 0.200. The van der Waals surface area contributed by atoms with E-state index in [0.717, 1.165) is 46.4 Å². The zero-order valence-electron chi connectivity index (χ0n) is 21.9. The van der Waals surface area contributed by atoms with Crippen LogP contribution in [0.15, 0.2) is 88.7 Å². The van der Waals surface area contributed by atoms with Crippen molar-refractivity contribution in [1.82, 2.24) is 4.57 Å². The van der Waals surface area contributed by atoms with Gasteiger partial charge in [-0.2, -0.15) is 13.2 Å². The van der Waals surface area contributed by atoms with Gasteiger partial charge in [0.25, 0.3) is 0 Å². The minimum atomic E-state index is -4.58. The molecule has 0 radical (unpaired) electrons. The second-order valence-electron chi connectivity index (χ2n) is 10.1. The Labute approximate surface area is 246 Å². The number of aryl methyl sites for hydroxylation is 1. The van der Waals surface area contributed by atoms with Gasteiger partial charge in [0.2, 0.25) is 17.7 Å².